The molecule has 30 heavy (non-hydrogen) atoms. The molecule has 0 spiro atoms. The molecule has 0 saturated heterocycles. The predicted molar refractivity (Wildman–Crippen MR) is 115 cm³/mol. The summed E-state index contributed by atoms with van der Waals surface area (Å²) in [5.74, 6) is 1.57. The molecule has 2 unspecified atom stereocenters. The van der Waals surface area contributed by atoms with Crippen LogP contribution in [0.5, 0.6) is 0 Å². The Morgan fingerprint density at radius 3 is 2.40 bits per heavy atom. The maximum atomic E-state index is 13.8. The van der Waals surface area contributed by atoms with E-state index in [0.29, 0.717) is 17.7 Å². The number of aromatic nitrogens is 3. The molecule has 5 aliphatic carbocycles. The van der Waals surface area contributed by atoms with Gasteiger partial charge in [0.2, 0.25) is 5.91 Å². The second kappa shape index (κ2) is 5.95. The quantitative estimate of drug-likeness (QED) is 0.818. The molecule has 5 nitrogen and oxygen atoms in total. The van der Waals surface area contributed by atoms with Crippen LogP contribution < -0.4 is 5.32 Å². The number of carbonyl (C=O) groups excluding carboxylic acids is 1. The molecule has 2 aromatic rings. The lowest BCUT2D eigenvalue weighted by molar-refractivity contribution is -0.156. The maximum absolute atomic E-state index is 13.8. The van der Waals surface area contributed by atoms with Crippen molar-refractivity contribution in [2.45, 2.75) is 69.7 Å². The number of rotatable bonds is 5. The fourth-order valence-corrected chi connectivity index (χ4v) is 7.98. The number of benzene rings is 1. The summed E-state index contributed by atoms with van der Waals surface area (Å²) in [5.41, 5.74) is 1.42. The number of hydrogen-bond donors (Lipinski definition) is 1. The largest absolute Gasteiger partial charge is 0.355 e. The molecular weight excluding hydrogens is 372 g/mol. The van der Waals surface area contributed by atoms with Gasteiger partial charge in [0.25, 0.3) is 0 Å². The summed E-state index contributed by atoms with van der Waals surface area (Å²) in [7, 11) is 0. The van der Waals surface area contributed by atoms with Crippen LogP contribution in [0.15, 0.2) is 43.0 Å². The first-order valence-electron chi connectivity index (χ1n) is 11.6. The van der Waals surface area contributed by atoms with E-state index in [1.54, 1.807) is 6.33 Å². The lowest BCUT2D eigenvalue weighted by Gasteiger charge is -2.61. The molecule has 5 heteroatoms. The molecule has 1 heterocycles. The van der Waals surface area contributed by atoms with Crippen LogP contribution in [0.3, 0.4) is 0 Å². The van der Waals surface area contributed by atoms with E-state index in [4.69, 9.17) is 0 Å². The van der Waals surface area contributed by atoms with Crippen molar-refractivity contribution in [2.24, 2.45) is 22.7 Å². The van der Waals surface area contributed by atoms with Crippen LogP contribution in [0, 0.1) is 22.7 Å². The van der Waals surface area contributed by atoms with Crippen molar-refractivity contribution >= 4 is 5.91 Å². The third-order valence-electron chi connectivity index (χ3n) is 9.21. The standard InChI is InChI=1S/C25H32N4O/c1-22(2)13-25(22,20-6-4-3-5-7-20)15-27-21(30)23-9-18-8-19(10-23)12-24(11-18,14-23)29-17-26-16-28-29/h3-7,16-19H,8-15H2,1-2H3,(H,27,30)/t18-,19+,23?,24?,25-/m0/s1. The van der Waals surface area contributed by atoms with Crippen molar-refractivity contribution < 1.29 is 4.79 Å². The lowest BCUT2D eigenvalue weighted by Crippen LogP contribution is -2.61. The average molecular weight is 405 g/mol. The van der Waals surface area contributed by atoms with Gasteiger partial charge in [0.1, 0.15) is 12.7 Å². The van der Waals surface area contributed by atoms with E-state index < -0.39 is 0 Å². The molecule has 5 fully saturated rings. The first-order chi connectivity index (χ1) is 14.4. The topological polar surface area (TPSA) is 59.8 Å². The SMILES string of the molecule is CC1(C)C[C@]1(CNC(=O)C12C[C@H]3C[C@@H](C1)CC(n1cncn1)(C3)C2)c1ccccc1. The fraction of sp³-hybridized carbons (Fsp3) is 0.640. The summed E-state index contributed by atoms with van der Waals surface area (Å²) < 4.78 is 2.09. The number of nitrogens with one attached hydrogen (secondary N) is 1. The van der Waals surface area contributed by atoms with Gasteiger partial charge >= 0.3 is 0 Å². The highest BCUT2D eigenvalue weighted by atomic mass is 16.2. The van der Waals surface area contributed by atoms with Crippen LogP contribution in [-0.2, 0) is 15.7 Å². The van der Waals surface area contributed by atoms with Gasteiger partial charge in [-0.1, -0.05) is 44.2 Å². The van der Waals surface area contributed by atoms with Crippen LogP contribution in [0.25, 0.3) is 0 Å². The first-order valence-corrected chi connectivity index (χ1v) is 11.6. The minimum Gasteiger partial charge on any atom is -0.355 e. The number of carbonyl (C=O) groups is 1. The second-order valence-corrected chi connectivity index (χ2v) is 11.5. The molecule has 5 aliphatic rings. The minimum atomic E-state index is -0.229. The summed E-state index contributed by atoms with van der Waals surface area (Å²) in [6, 6.07) is 10.8. The zero-order valence-corrected chi connectivity index (χ0v) is 18.1. The Morgan fingerprint density at radius 1 is 1.10 bits per heavy atom. The zero-order chi connectivity index (χ0) is 20.6. The van der Waals surface area contributed by atoms with Gasteiger partial charge in [-0.3, -0.25) is 4.79 Å². The van der Waals surface area contributed by atoms with Crippen LogP contribution in [0.4, 0.5) is 0 Å². The summed E-state index contributed by atoms with van der Waals surface area (Å²) >= 11 is 0. The number of hydrogen-bond acceptors (Lipinski definition) is 3. The normalized spacial score (nSPS) is 40.3. The smallest absolute Gasteiger partial charge is 0.226 e. The van der Waals surface area contributed by atoms with Crippen molar-refractivity contribution in [2.75, 3.05) is 6.54 Å². The van der Waals surface area contributed by atoms with Gasteiger partial charge < -0.3 is 5.32 Å². The van der Waals surface area contributed by atoms with E-state index in [2.05, 4.69) is 64.3 Å². The van der Waals surface area contributed by atoms with E-state index in [0.717, 1.165) is 45.1 Å². The van der Waals surface area contributed by atoms with E-state index in [9.17, 15) is 4.79 Å². The van der Waals surface area contributed by atoms with Crippen molar-refractivity contribution in [3.8, 4) is 0 Å². The monoisotopic (exact) mass is 404 g/mol. The summed E-state index contributed by atoms with van der Waals surface area (Å²) in [5, 5.41) is 8.00. The average Bonchev–Trinajstić information content (AvgIpc) is 3.08. The van der Waals surface area contributed by atoms with Gasteiger partial charge in [0.05, 0.1) is 11.0 Å². The summed E-state index contributed by atoms with van der Waals surface area (Å²) in [6.07, 6.45) is 11.3. The van der Waals surface area contributed by atoms with Crippen LogP contribution >= 0.6 is 0 Å². The Hall–Kier alpha value is -2.17. The molecular formula is C25H32N4O. The fourth-order valence-electron chi connectivity index (χ4n) is 7.98. The molecule has 5 saturated carbocycles. The molecule has 5 atom stereocenters. The van der Waals surface area contributed by atoms with Crippen LogP contribution in [0.1, 0.15) is 64.4 Å². The van der Waals surface area contributed by atoms with E-state index in [1.165, 1.54) is 12.0 Å². The van der Waals surface area contributed by atoms with Crippen molar-refractivity contribution in [3.05, 3.63) is 48.5 Å². The maximum Gasteiger partial charge on any atom is 0.226 e. The highest BCUT2D eigenvalue weighted by molar-refractivity contribution is 5.83. The third kappa shape index (κ3) is 2.50. The van der Waals surface area contributed by atoms with Crippen molar-refractivity contribution in [1.82, 2.24) is 20.1 Å². The summed E-state index contributed by atoms with van der Waals surface area (Å²) in [6.45, 7) is 5.41. The molecule has 1 N–H and O–H groups in total. The molecule has 7 rings (SSSR count). The molecule has 0 aliphatic heterocycles. The van der Waals surface area contributed by atoms with Crippen LogP contribution in [0.2, 0.25) is 0 Å². The Balaban J connectivity index is 1.26. The Labute approximate surface area is 178 Å². The summed E-state index contributed by atoms with van der Waals surface area (Å²) in [4.78, 5) is 18.0. The van der Waals surface area contributed by atoms with Gasteiger partial charge in [0.15, 0.2) is 0 Å². The number of amides is 1. The lowest BCUT2D eigenvalue weighted by atomic mass is 9.46. The molecule has 1 aromatic carbocycles. The van der Waals surface area contributed by atoms with Crippen LogP contribution in [-0.4, -0.2) is 27.2 Å². The molecule has 1 amide bonds. The van der Waals surface area contributed by atoms with E-state index >= 15 is 0 Å². The van der Waals surface area contributed by atoms with Gasteiger partial charge in [-0.05, 0) is 67.8 Å². The highest BCUT2D eigenvalue weighted by Gasteiger charge is 2.64. The molecule has 158 valence electrons. The Bertz CT molecular complexity index is 952. The Morgan fingerprint density at radius 2 is 1.80 bits per heavy atom. The van der Waals surface area contributed by atoms with Gasteiger partial charge in [-0.15, -0.1) is 0 Å². The third-order valence-corrected chi connectivity index (χ3v) is 9.21. The molecule has 4 bridgehead atoms. The van der Waals surface area contributed by atoms with Crippen molar-refractivity contribution in [3.63, 3.8) is 0 Å². The van der Waals surface area contributed by atoms with Crippen molar-refractivity contribution in [1.29, 1.82) is 0 Å². The first kappa shape index (κ1) is 18.6. The predicted octanol–water partition coefficient (Wildman–Crippen LogP) is 4.06. The van der Waals surface area contributed by atoms with E-state index in [1.807, 2.05) is 6.33 Å². The zero-order valence-electron chi connectivity index (χ0n) is 18.1. The van der Waals surface area contributed by atoms with Gasteiger partial charge in [-0.2, -0.15) is 5.10 Å². The minimum absolute atomic E-state index is 0.00606. The molecule has 0 radical (unpaired) electrons. The highest BCUT2D eigenvalue weighted by Crippen LogP contribution is 2.65. The van der Waals surface area contributed by atoms with Gasteiger partial charge in [0, 0.05) is 12.0 Å². The van der Waals surface area contributed by atoms with E-state index in [-0.39, 0.29) is 21.8 Å². The molecule has 1 aromatic heterocycles. The second-order valence-electron chi connectivity index (χ2n) is 11.5. The Kier molecular flexibility index (Phi) is 3.69. The van der Waals surface area contributed by atoms with Gasteiger partial charge in [-0.25, -0.2) is 9.67 Å². The number of nitrogens with zero attached hydrogens (tertiary/aromatic N) is 3.